The van der Waals surface area contributed by atoms with Crippen LogP contribution in [0.5, 0.6) is 5.75 Å². The van der Waals surface area contributed by atoms with Crippen molar-refractivity contribution in [2.24, 2.45) is 0 Å². The average molecular weight is 509 g/mol. The topological polar surface area (TPSA) is 111 Å². The van der Waals surface area contributed by atoms with Gasteiger partial charge in [-0.2, -0.15) is 11.8 Å². The number of benzene rings is 1. The third-order valence-electron chi connectivity index (χ3n) is 6.10. The van der Waals surface area contributed by atoms with Crippen molar-refractivity contribution in [3.63, 3.8) is 0 Å². The van der Waals surface area contributed by atoms with Crippen molar-refractivity contribution in [3.8, 4) is 5.75 Å². The molecule has 0 radical (unpaired) electrons. The monoisotopic (exact) mass is 508 g/mol. The number of hydrogen-bond acceptors (Lipinski definition) is 8. The number of nitrogens with zero attached hydrogens (tertiary/aromatic N) is 5. The van der Waals surface area contributed by atoms with Crippen LogP contribution < -0.4 is 10.1 Å². The van der Waals surface area contributed by atoms with Gasteiger partial charge in [-0.1, -0.05) is 35.5 Å². The second-order valence-electron chi connectivity index (χ2n) is 8.69. The third kappa shape index (κ3) is 6.03. The van der Waals surface area contributed by atoms with Crippen molar-refractivity contribution in [3.05, 3.63) is 71.8 Å². The first-order chi connectivity index (χ1) is 17.7. The number of fused-ring (bicyclic) bond motifs is 4. The molecule has 3 aromatic rings. The van der Waals surface area contributed by atoms with Gasteiger partial charge in [0.1, 0.15) is 12.3 Å². The van der Waals surface area contributed by atoms with E-state index in [1.807, 2.05) is 24.4 Å². The second-order valence-corrected chi connectivity index (χ2v) is 9.79. The molecule has 2 amide bonds. The van der Waals surface area contributed by atoms with Gasteiger partial charge in [-0.15, -0.1) is 5.10 Å². The lowest BCUT2D eigenvalue weighted by atomic mass is 10.2. The zero-order valence-corrected chi connectivity index (χ0v) is 20.6. The Morgan fingerprint density at radius 2 is 2.06 bits per heavy atom. The maximum Gasteiger partial charge on any atom is 0.274 e. The Balaban J connectivity index is 1.25. The SMILES string of the molecule is O=C1N[C@H]2CN(C(=O)CCSCc3ccccc3)C[C@@H]2OCc2cn(nn2)CCOc2cccnc21. The van der Waals surface area contributed by atoms with Gasteiger partial charge >= 0.3 is 0 Å². The molecule has 1 saturated heterocycles. The number of carbonyl (C=O) groups excluding carboxylic acids is 2. The van der Waals surface area contributed by atoms with E-state index in [2.05, 4.69) is 32.7 Å². The highest BCUT2D eigenvalue weighted by Crippen LogP contribution is 2.21. The Morgan fingerprint density at radius 1 is 1.17 bits per heavy atom. The fraction of sp³-hybridized carbons (Fsp3) is 0.400. The van der Waals surface area contributed by atoms with Crippen LogP contribution in [0, 0.1) is 0 Å². The van der Waals surface area contributed by atoms with Gasteiger partial charge in [0, 0.05) is 37.2 Å². The normalized spacial score (nSPS) is 20.0. The number of thioether (sulfide) groups is 1. The Kier molecular flexibility index (Phi) is 7.77. The molecule has 5 rings (SSSR count). The van der Waals surface area contributed by atoms with Gasteiger partial charge in [-0.25, -0.2) is 9.67 Å². The van der Waals surface area contributed by atoms with Crippen molar-refractivity contribution in [1.82, 2.24) is 30.2 Å². The van der Waals surface area contributed by atoms with Gasteiger partial charge in [0.2, 0.25) is 5.91 Å². The first kappa shape index (κ1) is 24.3. The van der Waals surface area contributed by atoms with E-state index in [1.54, 1.807) is 39.7 Å². The van der Waals surface area contributed by atoms with Crippen molar-refractivity contribution in [2.45, 2.75) is 37.5 Å². The summed E-state index contributed by atoms with van der Waals surface area (Å²) in [5.74, 6) is 1.68. The van der Waals surface area contributed by atoms with E-state index < -0.39 is 0 Å². The first-order valence-electron chi connectivity index (χ1n) is 11.9. The van der Waals surface area contributed by atoms with Crippen LogP contribution in [-0.4, -0.2) is 74.3 Å². The first-order valence-corrected chi connectivity index (χ1v) is 13.1. The number of rotatable bonds is 5. The van der Waals surface area contributed by atoms with E-state index in [1.165, 1.54) is 5.56 Å². The van der Waals surface area contributed by atoms with Crippen LogP contribution in [0.25, 0.3) is 0 Å². The fourth-order valence-corrected chi connectivity index (χ4v) is 5.13. The maximum atomic E-state index is 13.1. The van der Waals surface area contributed by atoms with Crippen molar-refractivity contribution >= 4 is 23.6 Å². The van der Waals surface area contributed by atoms with Crippen molar-refractivity contribution in [2.75, 3.05) is 25.4 Å². The minimum absolute atomic E-state index is 0.0478. The van der Waals surface area contributed by atoms with Gasteiger partial charge in [-0.05, 0) is 17.7 Å². The Morgan fingerprint density at radius 3 is 2.94 bits per heavy atom. The van der Waals surface area contributed by atoms with E-state index in [0.717, 1.165) is 11.5 Å². The molecule has 0 spiro atoms. The summed E-state index contributed by atoms with van der Waals surface area (Å²) in [5.41, 5.74) is 2.13. The Bertz CT molecular complexity index is 1190. The molecule has 0 unspecified atom stereocenters. The van der Waals surface area contributed by atoms with E-state index in [4.69, 9.17) is 9.47 Å². The standard InChI is InChI=1S/C25H28N6O4S/c32-23(8-12-36-17-18-5-2-1-3-6-18)30-14-20-22(15-30)35-16-19-13-31(29-28-19)10-11-34-21-7-4-9-26-24(21)25(33)27-20/h1-7,9,13,20,22H,8,10-12,14-17H2,(H,27,33)/t20-,22-/m0/s1. The molecule has 11 heteroatoms. The molecule has 0 saturated carbocycles. The number of aromatic nitrogens is 4. The number of pyridine rings is 1. The largest absolute Gasteiger partial charge is 0.489 e. The van der Waals surface area contributed by atoms with Crippen LogP contribution in [-0.2, 0) is 28.4 Å². The van der Waals surface area contributed by atoms with Crippen LogP contribution in [0.3, 0.4) is 0 Å². The third-order valence-corrected chi connectivity index (χ3v) is 7.13. The highest BCUT2D eigenvalue weighted by molar-refractivity contribution is 7.98. The average Bonchev–Trinajstić information content (AvgIpc) is 3.52. The summed E-state index contributed by atoms with van der Waals surface area (Å²) in [4.78, 5) is 32.1. The molecule has 1 fully saturated rings. The number of nitrogens with one attached hydrogen (secondary N) is 1. The molecular weight excluding hydrogens is 480 g/mol. The Hall–Kier alpha value is -3.44. The molecule has 2 aromatic heterocycles. The molecule has 10 nitrogen and oxygen atoms in total. The molecule has 1 aromatic carbocycles. The summed E-state index contributed by atoms with van der Waals surface area (Å²) in [6, 6.07) is 13.3. The summed E-state index contributed by atoms with van der Waals surface area (Å²) in [5, 5.41) is 11.3. The smallest absolute Gasteiger partial charge is 0.274 e. The van der Waals surface area contributed by atoms with E-state index in [9.17, 15) is 9.59 Å². The predicted octanol–water partition coefficient (Wildman–Crippen LogP) is 1.91. The minimum Gasteiger partial charge on any atom is -0.489 e. The number of hydrogen-bond donors (Lipinski definition) is 1. The van der Waals surface area contributed by atoms with Gasteiger partial charge in [0.25, 0.3) is 5.91 Å². The molecule has 36 heavy (non-hydrogen) atoms. The molecule has 2 aliphatic rings. The van der Waals surface area contributed by atoms with Crippen LogP contribution in [0.4, 0.5) is 0 Å². The summed E-state index contributed by atoms with van der Waals surface area (Å²) in [6.45, 7) is 1.79. The number of carbonyl (C=O) groups is 2. The van der Waals surface area contributed by atoms with Gasteiger partial charge in [-0.3, -0.25) is 9.59 Å². The van der Waals surface area contributed by atoms with Gasteiger partial charge in [0.15, 0.2) is 11.4 Å². The molecular formula is C25H28N6O4S. The van der Waals surface area contributed by atoms with Crippen LogP contribution in [0.2, 0.25) is 0 Å². The highest BCUT2D eigenvalue weighted by Gasteiger charge is 2.37. The summed E-state index contributed by atoms with van der Waals surface area (Å²) < 4.78 is 13.6. The zero-order valence-electron chi connectivity index (χ0n) is 19.8. The molecule has 2 aliphatic heterocycles. The van der Waals surface area contributed by atoms with E-state index in [0.29, 0.717) is 44.1 Å². The molecule has 188 valence electrons. The number of ether oxygens (including phenoxy) is 2. The number of likely N-dealkylation sites (tertiary alicyclic amines) is 1. The molecule has 0 aliphatic carbocycles. The summed E-state index contributed by atoms with van der Waals surface area (Å²) >= 11 is 1.73. The lowest BCUT2D eigenvalue weighted by Gasteiger charge is -2.20. The van der Waals surface area contributed by atoms with Gasteiger partial charge < -0.3 is 19.7 Å². The van der Waals surface area contributed by atoms with Crippen LogP contribution in [0.1, 0.15) is 28.2 Å². The summed E-state index contributed by atoms with van der Waals surface area (Å²) in [7, 11) is 0. The zero-order chi connectivity index (χ0) is 24.7. The second kappa shape index (κ2) is 11.5. The maximum absolute atomic E-state index is 13.1. The quantitative estimate of drug-likeness (QED) is 0.521. The molecule has 1 N–H and O–H groups in total. The Labute approximate surface area is 213 Å². The minimum atomic E-state index is -0.383. The van der Waals surface area contributed by atoms with Crippen molar-refractivity contribution < 1.29 is 19.1 Å². The summed E-state index contributed by atoms with van der Waals surface area (Å²) in [6.07, 6.45) is 3.42. The lowest BCUT2D eigenvalue weighted by molar-refractivity contribution is -0.130. The molecule has 2 bridgehead atoms. The molecule has 4 heterocycles. The highest BCUT2D eigenvalue weighted by atomic mass is 32.2. The van der Waals surface area contributed by atoms with E-state index >= 15 is 0 Å². The van der Waals surface area contributed by atoms with Crippen LogP contribution >= 0.6 is 11.8 Å². The van der Waals surface area contributed by atoms with E-state index in [-0.39, 0.29) is 36.3 Å². The fourth-order valence-electron chi connectivity index (χ4n) is 4.24. The lowest BCUT2D eigenvalue weighted by Crippen LogP contribution is -2.44. The van der Waals surface area contributed by atoms with Crippen LogP contribution in [0.15, 0.2) is 54.9 Å². The van der Waals surface area contributed by atoms with Crippen molar-refractivity contribution in [1.29, 1.82) is 0 Å². The predicted molar refractivity (Wildman–Crippen MR) is 133 cm³/mol. The van der Waals surface area contributed by atoms with Gasteiger partial charge in [0.05, 0.1) is 31.5 Å². The number of amides is 2. The molecule has 2 atom stereocenters.